The molecule has 5 heteroatoms. The van der Waals surface area contributed by atoms with Crippen LogP contribution >= 0.6 is 0 Å². The Kier molecular flexibility index (Phi) is 6.52. The Bertz CT molecular complexity index is 835. The number of rotatable bonds is 8. The summed E-state index contributed by atoms with van der Waals surface area (Å²) >= 11 is 0. The van der Waals surface area contributed by atoms with Gasteiger partial charge in [-0.3, -0.25) is 4.79 Å². The van der Waals surface area contributed by atoms with E-state index in [-0.39, 0.29) is 5.91 Å². The summed E-state index contributed by atoms with van der Waals surface area (Å²) in [6.45, 7) is 3.92. The number of nitrogens with one attached hydrogen (secondary N) is 1. The van der Waals surface area contributed by atoms with Crippen LogP contribution in [0.25, 0.3) is 0 Å². The SMILES string of the molecule is CCN(Cc1ccccc1)C(=O)c1cnc(NCCc2ccccc2)nc1. The van der Waals surface area contributed by atoms with E-state index in [9.17, 15) is 4.79 Å². The fourth-order valence-electron chi connectivity index (χ4n) is 2.81. The van der Waals surface area contributed by atoms with Crippen LogP contribution in [0.1, 0.15) is 28.4 Å². The molecule has 27 heavy (non-hydrogen) atoms. The van der Waals surface area contributed by atoms with Crippen molar-refractivity contribution in [2.45, 2.75) is 19.9 Å². The molecular formula is C22H24N4O. The third-order valence-corrected chi connectivity index (χ3v) is 4.32. The summed E-state index contributed by atoms with van der Waals surface area (Å²) in [4.78, 5) is 23.1. The summed E-state index contributed by atoms with van der Waals surface area (Å²) in [5, 5.41) is 3.20. The molecule has 138 valence electrons. The number of amides is 1. The highest BCUT2D eigenvalue weighted by Crippen LogP contribution is 2.10. The van der Waals surface area contributed by atoms with Gasteiger partial charge in [0.15, 0.2) is 0 Å². The van der Waals surface area contributed by atoms with Gasteiger partial charge < -0.3 is 10.2 Å². The molecule has 0 aliphatic carbocycles. The van der Waals surface area contributed by atoms with Crippen molar-refractivity contribution in [3.05, 3.63) is 89.7 Å². The molecule has 1 amide bonds. The van der Waals surface area contributed by atoms with Gasteiger partial charge in [0.1, 0.15) is 0 Å². The second-order valence-electron chi connectivity index (χ2n) is 6.26. The zero-order valence-corrected chi connectivity index (χ0v) is 15.5. The highest BCUT2D eigenvalue weighted by atomic mass is 16.2. The number of carbonyl (C=O) groups is 1. The molecule has 0 radical (unpaired) electrons. The van der Waals surface area contributed by atoms with Crippen LogP contribution in [0.2, 0.25) is 0 Å². The van der Waals surface area contributed by atoms with Crippen LogP contribution in [0.15, 0.2) is 73.1 Å². The van der Waals surface area contributed by atoms with E-state index in [2.05, 4.69) is 27.4 Å². The minimum atomic E-state index is -0.0582. The van der Waals surface area contributed by atoms with Gasteiger partial charge in [-0.2, -0.15) is 0 Å². The Morgan fingerprint density at radius 3 is 2.11 bits per heavy atom. The second-order valence-corrected chi connectivity index (χ2v) is 6.26. The standard InChI is InChI=1S/C22H24N4O/c1-2-26(17-19-11-7-4-8-12-19)21(27)20-15-24-22(25-16-20)23-14-13-18-9-5-3-6-10-18/h3-12,15-16H,2,13-14,17H2,1H3,(H,23,24,25). The first-order valence-corrected chi connectivity index (χ1v) is 9.19. The normalized spacial score (nSPS) is 10.4. The molecule has 0 spiro atoms. The summed E-state index contributed by atoms with van der Waals surface area (Å²) in [5.41, 5.74) is 2.87. The molecule has 3 rings (SSSR count). The number of anilines is 1. The molecule has 0 saturated heterocycles. The lowest BCUT2D eigenvalue weighted by Crippen LogP contribution is -2.30. The monoisotopic (exact) mass is 360 g/mol. The fourth-order valence-corrected chi connectivity index (χ4v) is 2.81. The van der Waals surface area contributed by atoms with Crippen molar-refractivity contribution in [1.82, 2.24) is 14.9 Å². The van der Waals surface area contributed by atoms with Crippen molar-refractivity contribution in [1.29, 1.82) is 0 Å². The van der Waals surface area contributed by atoms with Crippen LogP contribution in [0.3, 0.4) is 0 Å². The molecule has 2 aromatic carbocycles. The number of carbonyl (C=O) groups excluding carboxylic acids is 1. The van der Waals surface area contributed by atoms with Gasteiger partial charge in [0, 0.05) is 32.0 Å². The van der Waals surface area contributed by atoms with Crippen LogP contribution in [0, 0.1) is 0 Å². The maximum atomic E-state index is 12.7. The number of nitrogens with zero attached hydrogens (tertiary/aromatic N) is 3. The molecule has 0 atom stereocenters. The fraction of sp³-hybridized carbons (Fsp3) is 0.227. The van der Waals surface area contributed by atoms with Gasteiger partial charge in [0.25, 0.3) is 5.91 Å². The maximum Gasteiger partial charge on any atom is 0.257 e. The Hall–Kier alpha value is -3.21. The van der Waals surface area contributed by atoms with E-state index in [0.29, 0.717) is 24.6 Å². The Morgan fingerprint density at radius 2 is 1.52 bits per heavy atom. The van der Waals surface area contributed by atoms with Crippen LogP contribution < -0.4 is 5.32 Å². The van der Waals surface area contributed by atoms with Crippen molar-refractivity contribution in [2.75, 3.05) is 18.4 Å². The Labute approximate surface area is 160 Å². The summed E-state index contributed by atoms with van der Waals surface area (Å²) in [7, 11) is 0. The lowest BCUT2D eigenvalue weighted by atomic mass is 10.1. The minimum Gasteiger partial charge on any atom is -0.354 e. The summed E-state index contributed by atoms with van der Waals surface area (Å²) in [6, 6.07) is 20.2. The van der Waals surface area contributed by atoms with Crippen LogP contribution in [0.5, 0.6) is 0 Å². The first-order valence-electron chi connectivity index (χ1n) is 9.19. The average molecular weight is 360 g/mol. The lowest BCUT2D eigenvalue weighted by Gasteiger charge is -2.20. The molecule has 0 unspecified atom stereocenters. The lowest BCUT2D eigenvalue weighted by molar-refractivity contribution is 0.0751. The zero-order valence-electron chi connectivity index (χ0n) is 15.5. The van der Waals surface area contributed by atoms with E-state index in [1.807, 2.05) is 55.5 Å². The molecule has 0 saturated carbocycles. The van der Waals surface area contributed by atoms with E-state index >= 15 is 0 Å². The molecule has 3 aromatic rings. The van der Waals surface area contributed by atoms with E-state index in [1.165, 1.54) is 5.56 Å². The molecule has 1 N–H and O–H groups in total. The van der Waals surface area contributed by atoms with Gasteiger partial charge >= 0.3 is 0 Å². The summed E-state index contributed by atoms with van der Waals surface area (Å²) in [5.74, 6) is 0.478. The van der Waals surface area contributed by atoms with E-state index < -0.39 is 0 Å². The van der Waals surface area contributed by atoms with E-state index in [1.54, 1.807) is 17.3 Å². The maximum absolute atomic E-state index is 12.7. The van der Waals surface area contributed by atoms with Gasteiger partial charge in [-0.15, -0.1) is 0 Å². The first kappa shape index (κ1) is 18.6. The van der Waals surface area contributed by atoms with Crippen LogP contribution in [-0.4, -0.2) is 33.9 Å². The van der Waals surface area contributed by atoms with Crippen molar-refractivity contribution in [3.63, 3.8) is 0 Å². The highest BCUT2D eigenvalue weighted by molar-refractivity contribution is 5.93. The molecule has 0 aliphatic rings. The molecule has 1 aromatic heterocycles. The smallest absolute Gasteiger partial charge is 0.257 e. The van der Waals surface area contributed by atoms with Crippen LogP contribution in [-0.2, 0) is 13.0 Å². The van der Waals surface area contributed by atoms with Gasteiger partial charge in [0.05, 0.1) is 5.56 Å². The minimum absolute atomic E-state index is 0.0582. The van der Waals surface area contributed by atoms with Crippen molar-refractivity contribution in [3.8, 4) is 0 Å². The van der Waals surface area contributed by atoms with E-state index in [0.717, 1.165) is 18.5 Å². The number of benzene rings is 2. The largest absolute Gasteiger partial charge is 0.354 e. The van der Waals surface area contributed by atoms with Crippen molar-refractivity contribution >= 4 is 11.9 Å². The van der Waals surface area contributed by atoms with E-state index in [4.69, 9.17) is 0 Å². The third kappa shape index (κ3) is 5.38. The molecule has 0 bridgehead atoms. The Balaban J connectivity index is 1.56. The van der Waals surface area contributed by atoms with Gasteiger partial charge in [-0.05, 0) is 24.5 Å². The second kappa shape index (κ2) is 9.48. The summed E-state index contributed by atoms with van der Waals surface area (Å²) < 4.78 is 0. The first-order chi connectivity index (χ1) is 13.3. The predicted octanol–water partition coefficient (Wildman–Crippen LogP) is 3.79. The zero-order chi connectivity index (χ0) is 18.9. The quantitative estimate of drug-likeness (QED) is 0.664. The number of aromatic nitrogens is 2. The third-order valence-electron chi connectivity index (χ3n) is 4.32. The Morgan fingerprint density at radius 1 is 0.926 bits per heavy atom. The topological polar surface area (TPSA) is 58.1 Å². The van der Waals surface area contributed by atoms with Crippen molar-refractivity contribution < 1.29 is 4.79 Å². The van der Waals surface area contributed by atoms with Crippen LogP contribution in [0.4, 0.5) is 5.95 Å². The summed E-state index contributed by atoms with van der Waals surface area (Å²) in [6.07, 6.45) is 4.08. The average Bonchev–Trinajstić information content (AvgIpc) is 2.73. The highest BCUT2D eigenvalue weighted by Gasteiger charge is 2.15. The van der Waals surface area contributed by atoms with Gasteiger partial charge in [-0.1, -0.05) is 60.7 Å². The molecule has 5 nitrogen and oxygen atoms in total. The molecule has 1 heterocycles. The molecular weight excluding hydrogens is 336 g/mol. The predicted molar refractivity (Wildman–Crippen MR) is 108 cm³/mol. The van der Waals surface area contributed by atoms with Crippen molar-refractivity contribution in [2.24, 2.45) is 0 Å². The van der Waals surface area contributed by atoms with Gasteiger partial charge in [-0.25, -0.2) is 9.97 Å². The number of hydrogen-bond donors (Lipinski definition) is 1. The van der Waals surface area contributed by atoms with Gasteiger partial charge in [0.2, 0.25) is 5.95 Å². The molecule has 0 aliphatic heterocycles. The number of hydrogen-bond acceptors (Lipinski definition) is 4. The molecule has 0 fully saturated rings.